The third kappa shape index (κ3) is 4.97. The highest BCUT2D eigenvalue weighted by molar-refractivity contribution is 5.53. The molecule has 110 valence electrons. The molecule has 0 spiro atoms. The second-order valence-corrected chi connectivity index (χ2v) is 5.61. The Labute approximate surface area is 122 Å². The monoisotopic (exact) mass is 274 g/mol. The highest BCUT2D eigenvalue weighted by Crippen LogP contribution is 2.18. The molecule has 2 aliphatic heterocycles. The average Bonchev–Trinajstić information content (AvgIpc) is 2.58. The lowest BCUT2D eigenvalue weighted by Gasteiger charge is -2.28. The second-order valence-electron chi connectivity index (χ2n) is 5.61. The van der Waals surface area contributed by atoms with Crippen LogP contribution in [0.3, 0.4) is 0 Å². The van der Waals surface area contributed by atoms with Crippen LogP contribution in [0.4, 0.5) is 5.69 Å². The van der Waals surface area contributed by atoms with Gasteiger partial charge in [0.15, 0.2) is 0 Å². The Bertz CT molecular complexity index is 368. The number of aldehydes is 1. The van der Waals surface area contributed by atoms with Gasteiger partial charge < -0.3 is 15.0 Å². The summed E-state index contributed by atoms with van der Waals surface area (Å²) in [5.74, 6) is 0.344. The summed E-state index contributed by atoms with van der Waals surface area (Å²) in [6.45, 7) is 4.51. The number of carbonyl (C=O) groups is 1. The van der Waals surface area contributed by atoms with E-state index in [2.05, 4.69) is 40.5 Å². The number of nitrogens with one attached hydrogen (secondary N) is 1. The molecule has 0 aromatic heterocycles. The molecule has 0 saturated carbocycles. The largest absolute Gasteiger partial charge is 0.372 e. The molecule has 1 aromatic carbocycles. The molecule has 3 rings (SSSR count). The minimum Gasteiger partial charge on any atom is -0.372 e. The molecule has 2 saturated heterocycles. The van der Waals surface area contributed by atoms with E-state index in [9.17, 15) is 4.79 Å². The van der Waals surface area contributed by atoms with Gasteiger partial charge in [0, 0.05) is 24.7 Å². The first-order chi connectivity index (χ1) is 9.90. The number of rotatable bonds is 2. The van der Waals surface area contributed by atoms with Gasteiger partial charge >= 0.3 is 0 Å². The van der Waals surface area contributed by atoms with Crippen LogP contribution in [0.1, 0.15) is 32.1 Å². The van der Waals surface area contributed by atoms with Crippen LogP contribution in [0.25, 0.3) is 0 Å². The third-order valence-corrected chi connectivity index (χ3v) is 4.05. The summed E-state index contributed by atoms with van der Waals surface area (Å²) >= 11 is 0. The van der Waals surface area contributed by atoms with Crippen LogP contribution in [0, 0.1) is 5.92 Å². The Morgan fingerprint density at radius 2 is 1.65 bits per heavy atom. The van der Waals surface area contributed by atoms with Crippen LogP contribution >= 0.6 is 0 Å². The zero-order valence-corrected chi connectivity index (χ0v) is 12.3. The normalized spacial score (nSPS) is 19.9. The standard InChI is InChI=1S/C11H15N.C6H11NO/c1-3-7-11(8-4-1)12-9-5-2-6-10-12;8-5-6-1-3-7-4-2-6/h1,3-4,7-8H,2,5-6,9-10H2;5-7H,1-4H2. The number of benzene rings is 1. The number of hydrogen-bond acceptors (Lipinski definition) is 3. The van der Waals surface area contributed by atoms with Crippen LogP contribution < -0.4 is 10.2 Å². The van der Waals surface area contributed by atoms with Crippen molar-refractivity contribution >= 4 is 12.0 Å². The topological polar surface area (TPSA) is 32.3 Å². The Kier molecular flexibility index (Phi) is 6.58. The fraction of sp³-hybridized carbons (Fsp3) is 0.588. The molecule has 2 fully saturated rings. The summed E-state index contributed by atoms with van der Waals surface area (Å²) in [5.41, 5.74) is 1.39. The minimum absolute atomic E-state index is 0.344. The fourth-order valence-electron chi connectivity index (χ4n) is 2.77. The van der Waals surface area contributed by atoms with E-state index in [1.807, 2.05) is 0 Å². The first kappa shape index (κ1) is 15.0. The van der Waals surface area contributed by atoms with E-state index in [1.54, 1.807) is 0 Å². The van der Waals surface area contributed by atoms with Gasteiger partial charge in [-0.25, -0.2) is 0 Å². The molecule has 0 amide bonds. The molecule has 0 atom stereocenters. The highest BCUT2D eigenvalue weighted by Gasteiger charge is 2.10. The molecule has 1 N–H and O–H groups in total. The summed E-state index contributed by atoms with van der Waals surface area (Å²) in [6, 6.07) is 10.7. The van der Waals surface area contributed by atoms with E-state index >= 15 is 0 Å². The number of piperidine rings is 2. The van der Waals surface area contributed by atoms with E-state index in [0.717, 1.165) is 32.2 Å². The van der Waals surface area contributed by atoms with Crippen molar-refractivity contribution in [3.63, 3.8) is 0 Å². The summed E-state index contributed by atoms with van der Waals surface area (Å²) in [6.07, 6.45) is 7.25. The molecule has 0 unspecified atom stereocenters. The van der Waals surface area contributed by atoms with E-state index in [4.69, 9.17) is 0 Å². The van der Waals surface area contributed by atoms with Crippen LogP contribution in [0.5, 0.6) is 0 Å². The Morgan fingerprint density at radius 1 is 1.00 bits per heavy atom. The molecular weight excluding hydrogens is 248 g/mol. The van der Waals surface area contributed by atoms with Gasteiger partial charge in [-0.2, -0.15) is 0 Å². The number of carbonyl (C=O) groups excluding carboxylic acids is 1. The first-order valence-corrected chi connectivity index (χ1v) is 7.86. The molecule has 2 aliphatic rings. The maximum Gasteiger partial charge on any atom is 0.123 e. The summed E-state index contributed by atoms with van der Waals surface area (Å²) in [7, 11) is 0. The van der Waals surface area contributed by atoms with E-state index in [-0.39, 0.29) is 0 Å². The third-order valence-electron chi connectivity index (χ3n) is 4.05. The molecule has 0 radical (unpaired) electrons. The number of hydrogen-bond donors (Lipinski definition) is 1. The summed E-state index contributed by atoms with van der Waals surface area (Å²) < 4.78 is 0. The lowest BCUT2D eigenvalue weighted by atomic mass is 10.0. The molecule has 3 heteroatoms. The van der Waals surface area contributed by atoms with Crippen molar-refractivity contribution in [3.8, 4) is 0 Å². The van der Waals surface area contributed by atoms with Crippen molar-refractivity contribution in [2.24, 2.45) is 5.92 Å². The Balaban J connectivity index is 0.000000160. The number of para-hydroxylation sites is 1. The van der Waals surface area contributed by atoms with Gasteiger partial charge in [-0.15, -0.1) is 0 Å². The SMILES string of the molecule is O=CC1CCNCC1.c1ccc(N2CCCCC2)cc1. The quantitative estimate of drug-likeness (QED) is 0.842. The smallest absolute Gasteiger partial charge is 0.123 e. The molecule has 0 aliphatic carbocycles. The molecule has 20 heavy (non-hydrogen) atoms. The summed E-state index contributed by atoms with van der Waals surface area (Å²) in [5, 5.41) is 3.19. The zero-order chi connectivity index (χ0) is 14.0. The van der Waals surface area contributed by atoms with Gasteiger partial charge in [0.25, 0.3) is 0 Å². The predicted molar refractivity (Wildman–Crippen MR) is 84.2 cm³/mol. The molecule has 3 nitrogen and oxygen atoms in total. The number of anilines is 1. The van der Waals surface area contributed by atoms with E-state index < -0.39 is 0 Å². The van der Waals surface area contributed by atoms with E-state index in [1.165, 1.54) is 38.0 Å². The van der Waals surface area contributed by atoms with Gasteiger partial charge in [-0.3, -0.25) is 0 Å². The van der Waals surface area contributed by atoms with Crippen molar-refractivity contribution in [3.05, 3.63) is 30.3 Å². The van der Waals surface area contributed by atoms with E-state index in [0.29, 0.717) is 5.92 Å². The van der Waals surface area contributed by atoms with Gasteiger partial charge in [0.1, 0.15) is 6.29 Å². The molecule has 2 heterocycles. The van der Waals surface area contributed by atoms with Gasteiger partial charge in [-0.1, -0.05) is 18.2 Å². The predicted octanol–water partition coefficient (Wildman–Crippen LogP) is 2.86. The van der Waals surface area contributed by atoms with Gasteiger partial charge in [0.05, 0.1) is 0 Å². The molecule has 1 aromatic rings. The number of nitrogens with zero attached hydrogens (tertiary/aromatic N) is 1. The van der Waals surface area contributed by atoms with Crippen LogP contribution in [-0.2, 0) is 4.79 Å². The maximum absolute atomic E-state index is 10.1. The average molecular weight is 274 g/mol. The Morgan fingerprint density at radius 3 is 2.20 bits per heavy atom. The molecular formula is C17H26N2O. The van der Waals surface area contributed by atoms with Crippen molar-refractivity contribution in [1.82, 2.24) is 5.32 Å². The van der Waals surface area contributed by atoms with Gasteiger partial charge in [0.2, 0.25) is 0 Å². The fourth-order valence-corrected chi connectivity index (χ4v) is 2.77. The van der Waals surface area contributed by atoms with Crippen LogP contribution in [0.2, 0.25) is 0 Å². The summed E-state index contributed by atoms with van der Waals surface area (Å²) in [4.78, 5) is 12.6. The van der Waals surface area contributed by atoms with Gasteiger partial charge in [-0.05, 0) is 57.3 Å². The molecule has 0 bridgehead atoms. The minimum atomic E-state index is 0.344. The maximum atomic E-state index is 10.1. The lowest BCUT2D eigenvalue weighted by Crippen LogP contribution is -2.29. The Hall–Kier alpha value is -1.35. The lowest BCUT2D eigenvalue weighted by molar-refractivity contribution is -0.111. The second kappa shape index (κ2) is 8.75. The van der Waals surface area contributed by atoms with Crippen molar-refractivity contribution in [2.75, 3.05) is 31.1 Å². The first-order valence-electron chi connectivity index (χ1n) is 7.86. The van der Waals surface area contributed by atoms with Crippen molar-refractivity contribution < 1.29 is 4.79 Å². The zero-order valence-electron chi connectivity index (χ0n) is 12.3. The van der Waals surface area contributed by atoms with Crippen LogP contribution in [0.15, 0.2) is 30.3 Å². The highest BCUT2D eigenvalue weighted by atomic mass is 16.1. The van der Waals surface area contributed by atoms with Crippen molar-refractivity contribution in [2.45, 2.75) is 32.1 Å². The van der Waals surface area contributed by atoms with Crippen molar-refractivity contribution in [1.29, 1.82) is 0 Å². The van der Waals surface area contributed by atoms with Crippen LogP contribution in [-0.4, -0.2) is 32.5 Å².